The fourth-order valence-electron chi connectivity index (χ4n) is 6.62. The van der Waals surface area contributed by atoms with Crippen LogP contribution in [0, 0.1) is 6.92 Å². The molecule has 1 aliphatic rings. The number of rotatable bonds is 18. The number of aryl methyl sites for hydroxylation is 1. The lowest BCUT2D eigenvalue weighted by atomic mass is 9.80. The highest BCUT2D eigenvalue weighted by molar-refractivity contribution is 5.90. The molecule has 5 rings (SSSR count). The Kier molecular flexibility index (Phi) is 13.4. The number of nitrogens with one attached hydrogen (secondary N) is 1. The standard InChI is InChI=1S/C40H47N3O11/c1-6-42(7-2)21-22-51-36-35(54-34(46)23-33(44)45)32(53-38(36)43-24-26(3)37(47)41-39(43)48)25-52-40(27-11-9-8-10-12-27,28-13-17-30(49-4)18-14-28)29-15-19-31(50-5)20-16-29/h8-20,24,32,35-36,38H,6-7,21-23,25H2,1-5H3,(H,44,45)(H,41,47,48)/t32-,35-,36-,38-/m1/s1. The van der Waals surface area contributed by atoms with Crippen LogP contribution in [-0.4, -0.2) is 96.9 Å². The minimum atomic E-state index is -1.38. The van der Waals surface area contributed by atoms with E-state index in [0.717, 1.165) is 29.8 Å². The lowest BCUT2D eigenvalue weighted by molar-refractivity contribution is -0.164. The topological polar surface area (TPSA) is 168 Å². The van der Waals surface area contributed by atoms with Crippen LogP contribution < -0.4 is 20.7 Å². The van der Waals surface area contributed by atoms with Gasteiger partial charge in [0.25, 0.3) is 5.56 Å². The number of methoxy groups -OCH3 is 2. The van der Waals surface area contributed by atoms with Crippen LogP contribution in [0.2, 0.25) is 0 Å². The second kappa shape index (κ2) is 18.2. The van der Waals surface area contributed by atoms with Crippen LogP contribution in [0.1, 0.15) is 48.8 Å². The van der Waals surface area contributed by atoms with Crippen LogP contribution in [0.3, 0.4) is 0 Å². The highest BCUT2D eigenvalue weighted by atomic mass is 16.6. The third-order valence-corrected chi connectivity index (χ3v) is 9.52. The third kappa shape index (κ3) is 8.91. The minimum absolute atomic E-state index is 0.162. The maximum atomic E-state index is 13.3. The van der Waals surface area contributed by atoms with E-state index in [9.17, 15) is 24.3 Å². The van der Waals surface area contributed by atoms with Crippen LogP contribution in [0.25, 0.3) is 0 Å². The summed E-state index contributed by atoms with van der Waals surface area (Å²) in [6.07, 6.45) is -4.20. The van der Waals surface area contributed by atoms with Gasteiger partial charge < -0.3 is 38.4 Å². The van der Waals surface area contributed by atoms with E-state index in [0.29, 0.717) is 18.0 Å². The number of benzene rings is 3. The molecule has 1 aliphatic heterocycles. The number of aliphatic carboxylic acids is 1. The van der Waals surface area contributed by atoms with Crippen LogP contribution in [0.4, 0.5) is 0 Å². The second-order valence-electron chi connectivity index (χ2n) is 12.7. The van der Waals surface area contributed by atoms with Gasteiger partial charge in [0.1, 0.15) is 35.7 Å². The van der Waals surface area contributed by atoms with Gasteiger partial charge in [-0.3, -0.25) is 23.9 Å². The first-order chi connectivity index (χ1) is 26.0. The van der Waals surface area contributed by atoms with Crippen molar-refractivity contribution in [3.63, 3.8) is 0 Å². The largest absolute Gasteiger partial charge is 0.497 e. The number of carbonyl (C=O) groups excluding carboxylic acids is 1. The van der Waals surface area contributed by atoms with Crippen molar-refractivity contribution in [1.82, 2.24) is 14.5 Å². The monoisotopic (exact) mass is 745 g/mol. The summed E-state index contributed by atoms with van der Waals surface area (Å²) in [4.78, 5) is 54.7. The molecule has 2 heterocycles. The van der Waals surface area contributed by atoms with Crippen LogP contribution >= 0.6 is 0 Å². The first-order valence-corrected chi connectivity index (χ1v) is 17.8. The van der Waals surface area contributed by atoms with E-state index in [1.54, 1.807) is 21.1 Å². The Bertz CT molecular complexity index is 1910. The molecular formula is C40H47N3O11. The summed E-state index contributed by atoms with van der Waals surface area (Å²) in [6.45, 7) is 7.53. The quantitative estimate of drug-likeness (QED) is 0.0859. The average Bonchev–Trinajstić information content (AvgIpc) is 3.51. The van der Waals surface area contributed by atoms with E-state index in [1.165, 1.54) is 10.8 Å². The van der Waals surface area contributed by atoms with Crippen molar-refractivity contribution in [1.29, 1.82) is 0 Å². The first kappa shape index (κ1) is 39.9. The van der Waals surface area contributed by atoms with Crippen molar-refractivity contribution in [3.8, 4) is 11.5 Å². The van der Waals surface area contributed by atoms with Crippen LogP contribution in [-0.2, 0) is 34.1 Å². The number of carbonyl (C=O) groups is 2. The molecule has 2 N–H and O–H groups in total. The molecular weight excluding hydrogens is 698 g/mol. The number of esters is 1. The number of aromatic amines is 1. The van der Waals surface area contributed by atoms with E-state index in [1.807, 2.05) is 92.7 Å². The van der Waals surface area contributed by atoms with Gasteiger partial charge in [0.15, 0.2) is 12.3 Å². The van der Waals surface area contributed by atoms with Gasteiger partial charge in [-0.05, 0) is 61.0 Å². The summed E-state index contributed by atoms with van der Waals surface area (Å²) in [5.74, 6) is -1.14. The molecule has 0 unspecified atom stereocenters. The van der Waals surface area contributed by atoms with Crippen LogP contribution in [0.5, 0.6) is 11.5 Å². The number of likely N-dealkylation sites (N-methyl/N-ethyl adjacent to an activating group) is 1. The Balaban J connectivity index is 1.63. The molecule has 1 aromatic heterocycles. The maximum absolute atomic E-state index is 13.3. The van der Waals surface area contributed by atoms with Gasteiger partial charge in [-0.25, -0.2) is 4.79 Å². The fraction of sp³-hybridized carbons (Fsp3) is 0.400. The van der Waals surface area contributed by atoms with E-state index < -0.39 is 59.7 Å². The summed E-state index contributed by atoms with van der Waals surface area (Å²) < 4.78 is 38.0. The maximum Gasteiger partial charge on any atom is 0.330 e. The van der Waals surface area contributed by atoms with Crippen molar-refractivity contribution in [2.75, 3.05) is 47.1 Å². The molecule has 0 spiro atoms. The molecule has 1 fully saturated rings. The van der Waals surface area contributed by atoms with Crippen molar-refractivity contribution < 1.29 is 43.1 Å². The molecule has 14 nitrogen and oxygen atoms in total. The summed E-state index contributed by atoms with van der Waals surface area (Å²) in [5.41, 5.74) is -0.165. The van der Waals surface area contributed by atoms with Gasteiger partial charge in [0.05, 0.1) is 27.4 Å². The number of nitrogens with zero attached hydrogens (tertiary/aromatic N) is 2. The van der Waals surface area contributed by atoms with Crippen molar-refractivity contribution in [3.05, 3.63) is 128 Å². The normalized spacial score (nSPS) is 18.4. The molecule has 14 heteroatoms. The molecule has 0 radical (unpaired) electrons. The zero-order valence-electron chi connectivity index (χ0n) is 31.1. The predicted octanol–water partition coefficient (Wildman–Crippen LogP) is 3.88. The van der Waals surface area contributed by atoms with Gasteiger partial charge in [0, 0.05) is 18.3 Å². The number of hydrogen-bond donors (Lipinski definition) is 2. The summed E-state index contributed by atoms with van der Waals surface area (Å²) >= 11 is 0. The lowest BCUT2D eigenvalue weighted by Crippen LogP contribution is -2.44. The van der Waals surface area contributed by atoms with Gasteiger partial charge in [-0.15, -0.1) is 0 Å². The van der Waals surface area contributed by atoms with E-state index in [4.69, 9.17) is 28.4 Å². The minimum Gasteiger partial charge on any atom is -0.497 e. The third-order valence-electron chi connectivity index (χ3n) is 9.52. The summed E-state index contributed by atoms with van der Waals surface area (Å²) in [7, 11) is 3.16. The SMILES string of the molecule is CCN(CC)CCO[C@@H]1[C@H](OC(=O)CC(=O)O)[C@@H](COC(c2ccccc2)(c2ccc(OC)cc2)c2ccc(OC)cc2)O[C@H]1n1cc(C)c(=O)[nH]c1=O. The molecule has 4 atom stereocenters. The smallest absolute Gasteiger partial charge is 0.330 e. The molecule has 0 amide bonds. The van der Waals surface area contributed by atoms with Gasteiger partial charge >= 0.3 is 17.6 Å². The number of carboxylic acid groups (broad SMARTS) is 1. The summed E-state index contributed by atoms with van der Waals surface area (Å²) in [5, 5.41) is 9.44. The molecule has 1 saturated heterocycles. The molecule has 54 heavy (non-hydrogen) atoms. The Hall–Kier alpha value is -5.28. The Morgan fingerprint density at radius 1 is 0.870 bits per heavy atom. The first-order valence-electron chi connectivity index (χ1n) is 17.8. The van der Waals surface area contributed by atoms with Gasteiger partial charge in [-0.1, -0.05) is 68.4 Å². The van der Waals surface area contributed by atoms with Crippen molar-refractivity contribution >= 4 is 11.9 Å². The van der Waals surface area contributed by atoms with Crippen molar-refractivity contribution in [2.45, 2.75) is 57.3 Å². The van der Waals surface area contributed by atoms with E-state index in [2.05, 4.69) is 9.88 Å². The number of carboxylic acids is 1. The number of H-pyrrole nitrogens is 1. The van der Waals surface area contributed by atoms with Crippen molar-refractivity contribution in [2.24, 2.45) is 0 Å². The Morgan fingerprint density at radius 3 is 1.98 bits per heavy atom. The fourth-order valence-corrected chi connectivity index (χ4v) is 6.62. The van der Waals surface area contributed by atoms with E-state index in [-0.39, 0.29) is 18.8 Å². The molecule has 288 valence electrons. The lowest BCUT2D eigenvalue weighted by Gasteiger charge is -2.37. The van der Waals surface area contributed by atoms with Crippen LogP contribution in [0.15, 0.2) is 94.6 Å². The Morgan fingerprint density at radius 2 is 1.44 bits per heavy atom. The number of ether oxygens (including phenoxy) is 6. The second-order valence-corrected chi connectivity index (χ2v) is 12.7. The summed E-state index contributed by atoms with van der Waals surface area (Å²) in [6, 6.07) is 24.4. The Labute approximate surface area is 313 Å². The molecule has 0 saturated carbocycles. The molecule has 3 aromatic carbocycles. The zero-order valence-corrected chi connectivity index (χ0v) is 31.1. The number of hydrogen-bond acceptors (Lipinski definition) is 11. The van der Waals surface area contributed by atoms with Gasteiger partial charge in [-0.2, -0.15) is 0 Å². The highest BCUT2D eigenvalue weighted by Gasteiger charge is 2.51. The van der Waals surface area contributed by atoms with Gasteiger partial charge in [0.2, 0.25) is 0 Å². The zero-order chi connectivity index (χ0) is 38.8. The average molecular weight is 746 g/mol. The molecule has 0 bridgehead atoms. The highest BCUT2D eigenvalue weighted by Crippen LogP contribution is 2.43. The number of aromatic nitrogens is 2. The molecule has 0 aliphatic carbocycles. The predicted molar refractivity (Wildman–Crippen MR) is 198 cm³/mol. The molecule has 4 aromatic rings. The van der Waals surface area contributed by atoms with E-state index >= 15 is 0 Å².